The van der Waals surface area contributed by atoms with Gasteiger partial charge in [-0.2, -0.15) is 0 Å². The summed E-state index contributed by atoms with van der Waals surface area (Å²) >= 11 is 0. The Morgan fingerprint density at radius 3 is 1.43 bits per heavy atom. The van der Waals surface area contributed by atoms with E-state index in [0.717, 1.165) is 21.9 Å². The summed E-state index contributed by atoms with van der Waals surface area (Å²) in [6.45, 7) is 0. The van der Waals surface area contributed by atoms with Gasteiger partial charge in [-0.25, -0.2) is 0 Å². The first-order chi connectivity index (χ1) is 26.3. The van der Waals surface area contributed by atoms with Crippen LogP contribution in [0.15, 0.2) is 199 Å². The molecule has 53 heavy (non-hydrogen) atoms. The van der Waals surface area contributed by atoms with Crippen LogP contribution in [0.1, 0.15) is 0 Å². The minimum Gasteiger partial charge on any atom is -0.456 e. The lowest BCUT2D eigenvalue weighted by Crippen LogP contribution is -1.91. The lowest BCUT2D eigenvalue weighted by atomic mass is 9.84. The topological polar surface area (TPSA) is 13.1 Å². The Labute approximate surface area is 307 Å². The summed E-state index contributed by atoms with van der Waals surface area (Å²) in [7, 11) is 0. The highest BCUT2D eigenvalue weighted by molar-refractivity contribution is 6.26. The van der Waals surface area contributed by atoms with Crippen LogP contribution < -0.4 is 0 Å². The quantitative estimate of drug-likeness (QED) is 0.170. The molecular formula is C52H32O. The predicted octanol–water partition coefficient (Wildman–Crippen LogP) is 14.9. The Balaban J connectivity index is 1.10. The van der Waals surface area contributed by atoms with Gasteiger partial charge in [-0.3, -0.25) is 0 Å². The highest BCUT2D eigenvalue weighted by atomic mass is 16.3. The van der Waals surface area contributed by atoms with Gasteiger partial charge in [0.05, 0.1) is 0 Å². The molecule has 1 nitrogen and oxygen atoms in total. The van der Waals surface area contributed by atoms with Crippen molar-refractivity contribution in [1.82, 2.24) is 0 Å². The summed E-state index contributed by atoms with van der Waals surface area (Å²) in [5, 5.41) is 12.1. The van der Waals surface area contributed by atoms with Crippen molar-refractivity contribution in [2.24, 2.45) is 0 Å². The van der Waals surface area contributed by atoms with E-state index < -0.39 is 0 Å². The Morgan fingerprint density at radius 1 is 0.264 bits per heavy atom. The molecule has 1 heterocycles. The molecule has 0 fully saturated rings. The summed E-state index contributed by atoms with van der Waals surface area (Å²) in [6, 6.07) is 70.5. The molecule has 0 aliphatic rings. The van der Waals surface area contributed by atoms with E-state index in [1.165, 1.54) is 87.6 Å². The van der Waals surface area contributed by atoms with E-state index in [-0.39, 0.29) is 0 Å². The monoisotopic (exact) mass is 672 g/mol. The summed E-state index contributed by atoms with van der Waals surface area (Å²) in [4.78, 5) is 0. The molecule has 246 valence electrons. The molecule has 0 amide bonds. The van der Waals surface area contributed by atoms with Crippen molar-refractivity contribution in [3.63, 3.8) is 0 Å². The molecule has 0 bridgehead atoms. The first-order valence-corrected chi connectivity index (χ1v) is 18.3. The van der Waals surface area contributed by atoms with Crippen molar-refractivity contribution in [2.45, 2.75) is 0 Å². The van der Waals surface area contributed by atoms with Gasteiger partial charge in [0.1, 0.15) is 11.2 Å². The van der Waals surface area contributed by atoms with Crippen molar-refractivity contribution in [3.8, 4) is 44.5 Å². The SMILES string of the molecule is c1ccc(-c2ccc3ccccc3c2)c(-c2ccc(-c3c4ccccc4c(-c4cccc5oc6cc7ccccc7cc6c45)c4ccccc34)cc2)c1. The highest BCUT2D eigenvalue weighted by Crippen LogP contribution is 2.47. The van der Waals surface area contributed by atoms with Gasteiger partial charge in [0.15, 0.2) is 0 Å². The molecule has 0 aliphatic carbocycles. The van der Waals surface area contributed by atoms with Gasteiger partial charge in [0.25, 0.3) is 0 Å². The van der Waals surface area contributed by atoms with Crippen LogP contribution in [-0.2, 0) is 0 Å². The van der Waals surface area contributed by atoms with Crippen LogP contribution in [0.3, 0.4) is 0 Å². The second-order valence-electron chi connectivity index (χ2n) is 14.0. The first kappa shape index (κ1) is 29.7. The lowest BCUT2D eigenvalue weighted by Gasteiger charge is -2.18. The zero-order chi connectivity index (χ0) is 34.9. The Morgan fingerprint density at radius 2 is 0.755 bits per heavy atom. The molecule has 11 aromatic rings. The van der Waals surface area contributed by atoms with Crippen LogP contribution in [-0.4, -0.2) is 0 Å². The molecule has 0 saturated heterocycles. The number of hydrogen-bond donors (Lipinski definition) is 0. The number of hydrogen-bond acceptors (Lipinski definition) is 1. The van der Waals surface area contributed by atoms with E-state index in [1.807, 2.05) is 0 Å². The van der Waals surface area contributed by atoms with Gasteiger partial charge in [0.2, 0.25) is 0 Å². The van der Waals surface area contributed by atoms with Crippen molar-refractivity contribution in [2.75, 3.05) is 0 Å². The summed E-state index contributed by atoms with van der Waals surface area (Å²) < 4.78 is 6.54. The molecule has 0 aliphatic heterocycles. The van der Waals surface area contributed by atoms with Crippen LogP contribution in [0, 0.1) is 0 Å². The number of furan rings is 1. The van der Waals surface area contributed by atoms with Crippen molar-refractivity contribution in [3.05, 3.63) is 194 Å². The third kappa shape index (κ3) is 4.71. The molecule has 0 saturated carbocycles. The van der Waals surface area contributed by atoms with E-state index in [2.05, 4.69) is 194 Å². The molecule has 0 atom stereocenters. The molecule has 0 N–H and O–H groups in total. The van der Waals surface area contributed by atoms with Gasteiger partial charge in [-0.05, 0) is 112 Å². The van der Waals surface area contributed by atoms with Gasteiger partial charge in [-0.1, -0.05) is 170 Å². The van der Waals surface area contributed by atoms with Crippen LogP contribution in [0.5, 0.6) is 0 Å². The van der Waals surface area contributed by atoms with Crippen molar-refractivity contribution < 1.29 is 4.42 Å². The molecule has 1 aromatic heterocycles. The zero-order valence-corrected chi connectivity index (χ0v) is 28.9. The Bertz CT molecular complexity index is 3160. The normalized spacial score (nSPS) is 11.8. The third-order valence-electron chi connectivity index (χ3n) is 11.0. The summed E-state index contributed by atoms with van der Waals surface area (Å²) in [5.41, 5.74) is 11.6. The predicted molar refractivity (Wildman–Crippen MR) is 225 cm³/mol. The largest absolute Gasteiger partial charge is 0.456 e. The fourth-order valence-electron chi connectivity index (χ4n) is 8.61. The van der Waals surface area contributed by atoms with Crippen LogP contribution in [0.2, 0.25) is 0 Å². The maximum absolute atomic E-state index is 6.54. The molecule has 10 aromatic carbocycles. The molecular weight excluding hydrogens is 641 g/mol. The number of rotatable bonds is 4. The van der Waals surface area contributed by atoms with Gasteiger partial charge in [-0.15, -0.1) is 0 Å². The second kappa shape index (κ2) is 11.8. The highest BCUT2D eigenvalue weighted by Gasteiger charge is 2.20. The van der Waals surface area contributed by atoms with Crippen LogP contribution in [0.25, 0.3) is 110 Å². The average molecular weight is 673 g/mol. The Kier molecular flexibility index (Phi) is 6.62. The fourth-order valence-corrected chi connectivity index (χ4v) is 8.61. The zero-order valence-electron chi connectivity index (χ0n) is 28.9. The minimum absolute atomic E-state index is 0.907. The minimum atomic E-state index is 0.907. The number of benzene rings is 10. The van der Waals surface area contributed by atoms with Gasteiger partial charge < -0.3 is 4.42 Å². The third-order valence-corrected chi connectivity index (χ3v) is 11.0. The van der Waals surface area contributed by atoms with E-state index >= 15 is 0 Å². The first-order valence-electron chi connectivity index (χ1n) is 18.3. The summed E-state index contributed by atoms with van der Waals surface area (Å²) in [6.07, 6.45) is 0. The van der Waals surface area contributed by atoms with Crippen LogP contribution >= 0.6 is 0 Å². The molecule has 1 heteroatoms. The van der Waals surface area contributed by atoms with Gasteiger partial charge >= 0.3 is 0 Å². The molecule has 0 radical (unpaired) electrons. The maximum Gasteiger partial charge on any atom is 0.136 e. The van der Waals surface area contributed by atoms with Gasteiger partial charge in [0, 0.05) is 10.8 Å². The fraction of sp³-hybridized carbons (Fsp3) is 0. The lowest BCUT2D eigenvalue weighted by molar-refractivity contribution is 0.669. The van der Waals surface area contributed by atoms with Crippen molar-refractivity contribution in [1.29, 1.82) is 0 Å². The Hall–Kier alpha value is -6.96. The maximum atomic E-state index is 6.54. The van der Waals surface area contributed by atoms with E-state index in [9.17, 15) is 0 Å². The van der Waals surface area contributed by atoms with E-state index in [1.54, 1.807) is 0 Å². The number of fused-ring (bicyclic) bond motifs is 7. The van der Waals surface area contributed by atoms with Crippen LogP contribution in [0.4, 0.5) is 0 Å². The molecule has 0 unspecified atom stereocenters. The van der Waals surface area contributed by atoms with E-state index in [0.29, 0.717) is 0 Å². The smallest absolute Gasteiger partial charge is 0.136 e. The average Bonchev–Trinajstić information content (AvgIpc) is 3.59. The summed E-state index contributed by atoms with van der Waals surface area (Å²) in [5.74, 6) is 0. The standard InChI is InChI=1S/C52H32O/c1-2-13-36-30-39(29-24-33(36)12-1)41-17-6-5-16-40(41)34-25-27-35(28-26-34)50-42-18-7-9-20-44(42)51(45-21-10-8-19-43(45)50)46-22-11-23-48-52(46)47-31-37-14-3-4-15-38(37)32-49(47)53-48/h1-32H. The van der Waals surface area contributed by atoms with E-state index in [4.69, 9.17) is 4.42 Å². The molecule has 11 rings (SSSR count). The second-order valence-corrected chi connectivity index (χ2v) is 14.0. The van der Waals surface area contributed by atoms with Crippen molar-refractivity contribution >= 4 is 65.0 Å². The molecule has 0 spiro atoms.